The van der Waals surface area contributed by atoms with Crippen molar-refractivity contribution in [1.29, 1.82) is 0 Å². The number of carboxylic acids is 1. The van der Waals surface area contributed by atoms with Gasteiger partial charge in [0, 0.05) is 5.39 Å². The van der Waals surface area contributed by atoms with Crippen molar-refractivity contribution in [2.24, 2.45) is 0 Å². The summed E-state index contributed by atoms with van der Waals surface area (Å²) < 4.78 is 4.92. The molecule has 0 aliphatic carbocycles. The van der Waals surface area contributed by atoms with Gasteiger partial charge >= 0.3 is 5.97 Å². The van der Waals surface area contributed by atoms with Crippen LogP contribution in [0.3, 0.4) is 0 Å². The molecule has 4 nitrogen and oxygen atoms in total. The van der Waals surface area contributed by atoms with Crippen molar-refractivity contribution < 1.29 is 14.6 Å². The predicted octanol–water partition coefficient (Wildman–Crippen LogP) is 1.94. The highest BCUT2D eigenvalue weighted by Crippen LogP contribution is 2.21. The molecule has 0 aliphatic heterocycles. The van der Waals surface area contributed by atoms with E-state index in [0.29, 0.717) is 0 Å². The minimum Gasteiger partial charge on any atom is -0.480 e. The van der Waals surface area contributed by atoms with Crippen molar-refractivity contribution >= 4 is 16.9 Å². The maximum Gasteiger partial charge on any atom is 0.341 e. The first-order chi connectivity index (χ1) is 7.22. The lowest BCUT2D eigenvalue weighted by Gasteiger charge is -2.05. The van der Waals surface area contributed by atoms with E-state index in [1.54, 1.807) is 6.07 Å². The van der Waals surface area contributed by atoms with Crippen LogP contribution in [0.15, 0.2) is 30.3 Å². The fourth-order valence-corrected chi connectivity index (χ4v) is 1.41. The molecule has 0 spiro atoms. The molecule has 0 amide bonds. The number of aromatic nitrogens is 1. The van der Waals surface area contributed by atoms with E-state index in [1.807, 2.05) is 24.3 Å². The monoisotopic (exact) mass is 203 g/mol. The second-order valence-electron chi connectivity index (χ2n) is 3.04. The number of pyridine rings is 1. The number of hydrogen-bond donors (Lipinski definition) is 1. The second kappa shape index (κ2) is 3.57. The van der Waals surface area contributed by atoms with Gasteiger partial charge in [-0.25, -0.2) is 9.78 Å². The summed E-state index contributed by atoms with van der Waals surface area (Å²) in [5, 5.41) is 9.72. The fourth-order valence-electron chi connectivity index (χ4n) is 1.41. The lowest BCUT2D eigenvalue weighted by molar-refractivity contribution is 0.0692. The molecule has 2 aromatic rings. The van der Waals surface area contributed by atoms with Crippen LogP contribution in [-0.2, 0) is 0 Å². The molecule has 76 valence electrons. The summed E-state index contributed by atoms with van der Waals surface area (Å²) in [5.41, 5.74) is 0.801. The molecule has 0 saturated carbocycles. The molecule has 1 heterocycles. The molecule has 1 N–H and O–H groups in total. The Hall–Kier alpha value is -2.10. The Morgan fingerprint density at radius 1 is 1.40 bits per heavy atom. The zero-order valence-corrected chi connectivity index (χ0v) is 8.10. The summed E-state index contributed by atoms with van der Waals surface area (Å²) in [6.07, 6.45) is 0. The Bertz CT molecular complexity index is 522. The van der Waals surface area contributed by atoms with E-state index in [4.69, 9.17) is 9.84 Å². The largest absolute Gasteiger partial charge is 0.480 e. The minimum absolute atomic E-state index is 0.0798. The number of fused-ring (bicyclic) bond motifs is 1. The van der Waals surface area contributed by atoms with Crippen LogP contribution in [0.1, 0.15) is 10.4 Å². The lowest BCUT2D eigenvalue weighted by Crippen LogP contribution is -2.02. The third-order valence-corrected chi connectivity index (χ3v) is 2.11. The van der Waals surface area contributed by atoms with Crippen LogP contribution >= 0.6 is 0 Å². The number of methoxy groups -OCH3 is 1. The van der Waals surface area contributed by atoms with Crippen molar-refractivity contribution in [3.05, 3.63) is 35.9 Å². The minimum atomic E-state index is -1.04. The number of aromatic carboxylic acids is 1. The molecule has 0 atom stereocenters. The highest BCUT2D eigenvalue weighted by Gasteiger charge is 2.13. The molecule has 1 aromatic heterocycles. The van der Waals surface area contributed by atoms with Crippen molar-refractivity contribution in [1.82, 2.24) is 4.98 Å². The van der Waals surface area contributed by atoms with E-state index in [9.17, 15) is 4.79 Å². The van der Waals surface area contributed by atoms with Crippen molar-refractivity contribution in [2.75, 3.05) is 7.11 Å². The second-order valence-corrected chi connectivity index (χ2v) is 3.04. The van der Waals surface area contributed by atoms with E-state index in [1.165, 1.54) is 7.11 Å². The number of para-hydroxylation sites is 1. The highest BCUT2D eigenvalue weighted by atomic mass is 16.5. The summed E-state index contributed by atoms with van der Waals surface area (Å²) in [6, 6.07) is 8.86. The number of nitrogens with zero attached hydrogens (tertiary/aromatic N) is 1. The number of rotatable bonds is 2. The third-order valence-electron chi connectivity index (χ3n) is 2.11. The van der Waals surface area contributed by atoms with Gasteiger partial charge in [0.2, 0.25) is 5.88 Å². The Morgan fingerprint density at radius 3 is 2.80 bits per heavy atom. The average Bonchev–Trinajstić information content (AvgIpc) is 2.27. The molecule has 1 aromatic carbocycles. The van der Waals surface area contributed by atoms with Gasteiger partial charge < -0.3 is 9.84 Å². The fraction of sp³-hybridized carbons (Fsp3) is 0.0909. The van der Waals surface area contributed by atoms with Gasteiger partial charge in [-0.2, -0.15) is 0 Å². The third kappa shape index (κ3) is 1.61. The Labute approximate surface area is 86.1 Å². The number of benzene rings is 1. The summed E-state index contributed by atoms with van der Waals surface area (Å²) in [4.78, 5) is 15.0. The summed E-state index contributed by atoms with van der Waals surface area (Å²) >= 11 is 0. The number of ether oxygens (including phenoxy) is 1. The Kier molecular flexibility index (Phi) is 2.25. The van der Waals surface area contributed by atoms with Crippen molar-refractivity contribution in [3.8, 4) is 5.88 Å². The average molecular weight is 203 g/mol. The normalized spacial score (nSPS) is 10.2. The zero-order chi connectivity index (χ0) is 10.8. The van der Waals surface area contributed by atoms with Crippen LogP contribution in [0.25, 0.3) is 10.9 Å². The van der Waals surface area contributed by atoms with Gasteiger partial charge in [-0.05, 0) is 12.1 Å². The number of carbonyl (C=O) groups is 1. The highest BCUT2D eigenvalue weighted by molar-refractivity contribution is 5.95. The van der Waals surface area contributed by atoms with Gasteiger partial charge in [-0.1, -0.05) is 18.2 Å². The van der Waals surface area contributed by atoms with Crippen LogP contribution < -0.4 is 4.74 Å². The maximum absolute atomic E-state index is 10.9. The molecule has 15 heavy (non-hydrogen) atoms. The molecule has 0 aliphatic rings. The molecular formula is C11H9NO3. The van der Waals surface area contributed by atoms with Gasteiger partial charge in [0.05, 0.1) is 12.6 Å². The Balaban J connectivity index is 2.74. The SMILES string of the molecule is COc1nc2ccccc2cc1C(=O)O. The summed E-state index contributed by atoms with van der Waals surface area (Å²) in [5.74, 6) is -0.897. The van der Waals surface area contributed by atoms with E-state index < -0.39 is 5.97 Å². The van der Waals surface area contributed by atoms with E-state index >= 15 is 0 Å². The molecule has 0 radical (unpaired) electrons. The van der Waals surface area contributed by atoms with Gasteiger partial charge in [-0.3, -0.25) is 0 Å². The van der Waals surface area contributed by atoms with E-state index in [-0.39, 0.29) is 11.4 Å². The van der Waals surface area contributed by atoms with Crippen LogP contribution in [-0.4, -0.2) is 23.2 Å². The summed E-state index contributed by atoms with van der Waals surface area (Å²) in [6.45, 7) is 0. The van der Waals surface area contributed by atoms with Gasteiger partial charge in [0.15, 0.2) is 0 Å². The smallest absolute Gasteiger partial charge is 0.341 e. The van der Waals surface area contributed by atoms with Crippen LogP contribution in [0, 0.1) is 0 Å². The molecule has 0 saturated heterocycles. The molecular weight excluding hydrogens is 194 g/mol. The quantitative estimate of drug-likeness (QED) is 0.810. The van der Waals surface area contributed by atoms with Crippen LogP contribution in [0.4, 0.5) is 0 Å². The van der Waals surface area contributed by atoms with Gasteiger partial charge in [0.25, 0.3) is 0 Å². The zero-order valence-electron chi connectivity index (χ0n) is 8.10. The first-order valence-corrected chi connectivity index (χ1v) is 4.39. The van der Waals surface area contributed by atoms with Gasteiger partial charge in [0.1, 0.15) is 5.56 Å². The first-order valence-electron chi connectivity index (χ1n) is 4.39. The molecule has 0 unspecified atom stereocenters. The molecule has 2 rings (SSSR count). The first kappa shape index (κ1) is 9.45. The number of carboxylic acid groups (broad SMARTS) is 1. The summed E-state index contributed by atoms with van der Waals surface area (Å²) in [7, 11) is 1.41. The molecule has 0 bridgehead atoms. The Morgan fingerprint density at radius 2 is 2.13 bits per heavy atom. The van der Waals surface area contributed by atoms with Gasteiger partial charge in [-0.15, -0.1) is 0 Å². The van der Waals surface area contributed by atoms with Crippen LogP contribution in [0.2, 0.25) is 0 Å². The maximum atomic E-state index is 10.9. The van der Waals surface area contributed by atoms with Crippen molar-refractivity contribution in [3.63, 3.8) is 0 Å². The topological polar surface area (TPSA) is 59.4 Å². The predicted molar refractivity (Wildman–Crippen MR) is 55.3 cm³/mol. The molecule has 0 fully saturated rings. The standard InChI is InChI=1S/C11H9NO3/c1-15-10-8(11(13)14)6-7-4-2-3-5-9(7)12-10/h2-6H,1H3,(H,13,14). The molecule has 4 heteroatoms. The van der Waals surface area contributed by atoms with E-state index in [2.05, 4.69) is 4.98 Å². The van der Waals surface area contributed by atoms with Crippen molar-refractivity contribution in [2.45, 2.75) is 0 Å². The lowest BCUT2D eigenvalue weighted by atomic mass is 10.1. The number of hydrogen-bond acceptors (Lipinski definition) is 3. The van der Waals surface area contributed by atoms with E-state index in [0.717, 1.165) is 10.9 Å². The van der Waals surface area contributed by atoms with Crippen LogP contribution in [0.5, 0.6) is 5.88 Å².